The molecule has 0 N–H and O–H groups in total. The van der Waals surface area contributed by atoms with E-state index in [4.69, 9.17) is 4.74 Å². The molecule has 1 saturated heterocycles. The standard InChI is InChI=1S/C17H22N2O4/c1-3-23-17(21)15(20)6-4-13-5-7-16(18-12-13)19(2)14-8-10-22-11-9-14/h4-7,12,14H,3,8-11H2,1-2H3/b6-4+. The van der Waals surface area contributed by atoms with E-state index in [0.29, 0.717) is 6.04 Å². The van der Waals surface area contributed by atoms with Gasteiger partial charge in [0, 0.05) is 32.5 Å². The van der Waals surface area contributed by atoms with E-state index in [9.17, 15) is 9.59 Å². The molecule has 1 aliphatic heterocycles. The smallest absolute Gasteiger partial charge is 0.379 e. The first-order chi connectivity index (χ1) is 11.1. The summed E-state index contributed by atoms with van der Waals surface area (Å²) < 4.78 is 10.0. The zero-order chi connectivity index (χ0) is 16.7. The molecule has 0 aliphatic carbocycles. The summed E-state index contributed by atoms with van der Waals surface area (Å²) in [6.45, 7) is 3.41. The predicted molar refractivity (Wildman–Crippen MR) is 87.2 cm³/mol. The average molecular weight is 318 g/mol. The molecule has 0 unspecified atom stereocenters. The number of carbonyl (C=O) groups is 2. The van der Waals surface area contributed by atoms with Crippen LogP contribution in [0.4, 0.5) is 5.82 Å². The molecule has 0 bridgehead atoms. The summed E-state index contributed by atoms with van der Waals surface area (Å²) in [6.07, 6.45) is 6.43. The number of ether oxygens (including phenoxy) is 2. The number of aromatic nitrogens is 1. The van der Waals surface area contributed by atoms with Gasteiger partial charge in [0.1, 0.15) is 5.82 Å². The molecule has 0 amide bonds. The van der Waals surface area contributed by atoms with Crippen molar-refractivity contribution in [2.75, 3.05) is 31.8 Å². The van der Waals surface area contributed by atoms with E-state index in [-0.39, 0.29) is 6.61 Å². The van der Waals surface area contributed by atoms with E-state index in [1.54, 1.807) is 19.2 Å². The molecule has 124 valence electrons. The molecule has 6 heteroatoms. The van der Waals surface area contributed by atoms with Crippen LogP contribution in [0.3, 0.4) is 0 Å². The van der Waals surface area contributed by atoms with Crippen LogP contribution in [0, 0.1) is 0 Å². The molecular weight excluding hydrogens is 296 g/mol. The summed E-state index contributed by atoms with van der Waals surface area (Å²) in [6, 6.07) is 4.21. The van der Waals surface area contributed by atoms with Gasteiger partial charge in [-0.05, 0) is 49.6 Å². The number of hydrogen-bond donors (Lipinski definition) is 0. The minimum atomic E-state index is -0.840. The van der Waals surface area contributed by atoms with Crippen LogP contribution in [0.2, 0.25) is 0 Å². The Hall–Kier alpha value is -2.21. The summed E-state index contributed by atoms with van der Waals surface area (Å²) in [5.41, 5.74) is 0.756. The number of rotatable bonds is 6. The molecule has 0 aromatic carbocycles. The number of hydrogen-bond acceptors (Lipinski definition) is 6. The van der Waals surface area contributed by atoms with Crippen LogP contribution < -0.4 is 4.90 Å². The van der Waals surface area contributed by atoms with Crippen LogP contribution in [0.25, 0.3) is 6.08 Å². The zero-order valence-corrected chi connectivity index (χ0v) is 13.5. The maximum atomic E-state index is 11.5. The minimum absolute atomic E-state index is 0.188. The Bertz CT molecular complexity index is 562. The van der Waals surface area contributed by atoms with Crippen molar-refractivity contribution in [2.24, 2.45) is 0 Å². The lowest BCUT2D eigenvalue weighted by atomic mass is 10.1. The van der Waals surface area contributed by atoms with Gasteiger partial charge in [0.15, 0.2) is 0 Å². The van der Waals surface area contributed by atoms with Gasteiger partial charge in [0.2, 0.25) is 0 Å². The second kappa shape index (κ2) is 8.43. The van der Waals surface area contributed by atoms with E-state index in [0.717, 1.165) is 37.4 Å². The summed E-state index contributed by atoms with van der Waals surface area (Å²) in [4.78, 5) is 29.3. The fraction of sp³-hybridized carbons (Fsp3) is 0.471. The van der Waals surface area contributed by atoms with Crippen LogP contribution in [0.15, 0.2) is 24.4 Å². The molecule has 0 radical (unpaired) electrons. The van der Waals surface area contributed by atoms with Crippen LogP contribution in [-0.2, 0) is 19.1 Å². The molecule has 2 heterocycles. The maximum absolute atomic E-state index is 11.5. The number of nitrogens with zero attached hydrogens (tertiary/aromatic N) is 2. The Kier molecular flexibility index (Phi) is 6.29. The molecule has 0 atom stereocenters. The molecular formula is C17H22N2O4. The van der Waals surface area contributed by atoms with Crippen molar-refractivity contribution in [3.63, 3.8) is 0 Å². The number of ketones is 1. The quantitative estimate of drug-likeness (QED) is 0.453. The summed E-state index contributed by atoms with van der Waals surface area (Å²) >= 11 is 0. The largest absolute Gasteiger partial charge is 0.460 e. The van der Waals surface area contributed by atoms with Gasteiger partial charge in [-0.1, -0.05) is 0 Å². The van der Waals surface area contributed by atoms with E-state index < -0.39 is 11.8 Å². The first kappa shape index (κ1) is 17.1. The second-order valence-electron chi connectivity index (χ2n) is 5.32. The molecule has 1 aromatic heterocycles. The van der Waals surface area contributed by atoms with Gasteiger partial charge < -0.3 is 14.4 Å². The zero-order valence-electron chi connectivity index (χ0n) is 13.5. The molecule has 2 rings (SSSR count). The number of anilines is 1. The Morgan fingerprint density at radius 1 is 1.39 bits per heavy atom. The minimum Gasteiger partial charge on any atom is -0.460 e. The monoisotopic (exact) mass is 318 g/mol. The Morgan fingerprint density at radius 3 is 2.74 bits per heavy atom. The van der Waals surface area contributed by atoms with Crippen LogP contribution in [0.1, 0.15) is 25.3 Å². The van der Waals surface area contributed by atoms with Crippen molar-refractivity contribution in [3.05, 3.63) is 30.0 Å². The molecule has 0 spiro atoms. The molecule has 1 aliphatic rings. The van der Waals surface area contributed by atoms with E-state index >= 15 is 0 Å². The summed E-state index contributed by atoms with van der Waals surface area (Å²) in [5, 5.41) is 0. The first-order valence-electron chi connectivity index (χ1n) is 7.77. The van der Waals surface area contributed by atoms with Crippen LogP contribution in [0.5, 0.6) is 0 Å². The SMILES string of the molecule is CCOC(=O)C(=O)/C=C/c1ccc(N(C)C2CCOCC2)nc1. The third-order valence-electron chi connectivity index (χ3n) is 3.77. The third kappa shape index (κ3) is 4.89. The molecule has 1 fully saturated rings. The van der Waals surface area contributed by atoms with Crippen molar-refractivity contribution < 1.29 is 19.1 Å². The van der Waals surface area contributed by atoms with Gasteiger partial charge in [-0.25, -0.2) is 9.78 Å². The molecule has 1 aromatic rings. The lowest BCUT2D eigenvalue weighted by molar-refractivity contribution is -0.151. The Morgan fingerprint density at radius 2 is 2.13 bits per heavy atom. The Labute approximate surface area is 136 Å². The number of esters is 1. The normalized spacial score (nSPS) is 15.6. The second-order valence-corrected chi connectivity index (χ2v) is 5.32. The van der Waals surface area contributed by atoms with Gasteiger partial charge in [0.25, 0.3) is 5.78 Å². The Balaban J connectivity index is 1.96. The van der Waals surface area contributed by atoms with E-state index in [1.807, 2.05) is 19.2 Å². The molecule has 0 saturated carbocycles. The van der Waals surface area contributed by atoms with Gasteiger partial charge in [-0.2, -0.15) is 0 Å². The number of carbonyl (C=O) groups excluding carboxylic acids is 2. The predicted octanol–water partition coefficient (Wildman–Crippen LogP) is 1.84. The highest BCUT2D eigenvalue weighted by Gasteiger charge is 2.19. The lowest BCUT2D eigenvalue weighted by Gasteiger charge is -2.32. The summed E-state index contributed by atoms with van der Waals surface area (Å²) in [5.74, 6) is -0.631. The van der Waals surface area contributed by atoms with Gasteiger partial charge in [0.05, 0.1) is 6.61 Å². The van der Waals surface area contributed by atoms with Gasteiger partial charge >= 0.3 is 5.97 Å². The van der Waals surface area contributed by atoms with Gasteiger partial charge in [-0.3, -0.25) is 4.79 Å². The van der Waals surface area contributed by atoms with Crippen molar-refractivity contribution in [2.45, 2.75) is 25.8 Å². The lowest BCUT2D eigenvalue weighted by Crippen LogP contribution is -2.37. The highest BCUT2D eigenvalue weighted by molar-refractivity contribution is 6.39. The number of pyridine rings is 1. The van der Waals surface area contributed by atoms with Crippen molar-refractivity contribution >= 4 is 23.6 Å². The van der Waals surface area contributed by atoms with Crippen molar-refractivity contribution in [3.8, 4) is 0 Å². The highest BCUT2D eigenvalue weighted by atomic mass is 16.5. The fourth-order valence-corrected chi connectivity index (χ4v) is 2.41. The van der Waals surface area contributed by atoms with Gasteiger partial charge in [-0.15, -0.1) is 0 Å². The van der Waals surface area contributed by atoms with Crippen molar-refractivity contribution in [1.82, 2.24) is 4.98 Å². The van der Waals surface area contributed by atoms with Crippen molar-refractivity contribution in [1.29, 1.82) is 0 Å². The molecule has 23 heavy (non-hydrogen) atoms. The van der Waals surface area contributed by atoms with E-state index in [1.165, 1.54) is 6.08 Å². The highest BCUT2D eigenvalue weighted by Crippen LogP contribution is 2.19. The average Bonchev–Trinajstić information content (AvgIpc) is 2.60. The van der Waals surface area contributed by atoms with Crippen LogP contribution >= 0.6 is 0 Å². The van der Waals surface area contributed by atoms with E-state index in [2.05, 4.69) is 14.6 Å². The fourth-order valence-electron chi connectivity index (χ4n) is 2.41. The molecule has 6 nitrogen and oxygen atoms in total. The summed E-state index contributed by atoms with van der Waals surface area (Å²) in [7, 11) is 2.03. The van der Waals surface area contributed by atoms with Crippen LogP contribution in [-0.4, -0.2) is 49.6 Å². The topological polar surface area (TPSA) is 68.7 Å². The first-order valence-corrected chi connectivity index (χ1v) is 7.77. The third-order valence-corrected chi connectivity index (χ3v) is 3.77. The maximum Gasteiger partial charge on any atom is 0.379 e.